The molecule has 2 aromatic rings. The number of hydrogen-bond acceptors (Lipinski definition) is 2. The fraction of sp³-hybridized carbons (Fsp3) is 0.267. The van der Waals surface area contributed by atoms with E-state index in [9.17, 15) is 9.90 Å². The van der Waals surface area contributed by atoms with E-state index in [4.69, 9.17) is 5.11 Å². The van der Waals surface area contributed by atoms with E-state index in [1.54, 1.807) is 6.07 Å². The minimum atomic E-state index is -0.868. The molecular formula is C15H16O3. The predicted octanol–water partition coefficient (Wildman–Crippen LogP) is 3.30. The van der Waals surface area contributed by atoms with Gasteiger partial charge in [0.2, 0.25) is 0 Å². The summed E-state index contributed by atoms with van der Waals surface area (Å²) >= 11 is 0. The molecule has 0 atom stereocenters. The Kier molecular flexibility index (Phi) is 2.99. The summed E-state index contributed by atoms with van der Waals surface area (Å²) in [4.78, 5) is 10.9. The lowest BCUT2D eigenvalue weighted by atomic mass is 9.80. The number of carboxylic acid groups (broad SMARTS) is 1. The van der Waals surface area contributed by atoms with E-state index in [1.807, 2.05) is 44.2 Å². The Hall–Kier alpha value is -2.03. The van der Waals surface area contributed by atoms with Crippen molar-refractivity contribution in [2.75, 3.05) is 0 Å². The fourth-order valence-electron chi connectivity index (χ4n) is 2.24. The second kappa shape index (κ2) is 4.33. The molecule has 0 unspecified atom stereocenters. The van der Waals surface area contributed by atoms with Crippen LogP contribution in [0.15, 0.2) is 36.4 Å². The van der Waals surface area contributed by atoms with E-state index >= 15 is 0 Å². The molecule has 0 saturated heterocycles. The minimum absolute atomic E-state index is 0.0150. The Balaban J connectivity index is 2.56. The largest absolute Gasteiger partial charge is 0.508 e. The molecule has 0 aliphatic heterocycles. The van der Waals surface area contributed by atoms with Gasteiger partial charge in [-0.1, -0.05) is 38.1 Å². The summed E-state index contributed by atoms with van der Waals surface area (Å²) in [6.45, 7) is 3.65. The molecule has 0 aromatic heterocycles. The average Bonchev–Trinajstić information content (AvgIpc) is 2.26. The van der Waals surface area contributed by atoms with Crippen LogP contribution in [-0.4, -0.2) is 16.2 Å². The highest BCUT2D eigenvalue weighted by Gasteiger charge is 2.27. The maximum absolute atomic E-state index is 10.9. The second-order valence-corrected chi connectivity index (χ2v) is 5.17. The Labute approximate surface area is 106 Å². The van der Waals surface area contributed by atoms with Crippen LogP contribution >= 0.6 is 0 Å². The van der Waals surface area contributed by atoms with E-state index in [1.165, 1.54) is 0 Å². The van der Waals surface area contributed by atoms with E-state index in [0.29, 0.717) is 5.56 Å². The van der Waals surface area contributed by atoms with Crippen LogP contribution in [0, 0.1) is 0 Å². The van der Waals surface area contributed by atoms with Gasteiger partial charge >= 0.3 is 5.97 Å². The predicted molar refractivity (Wildman–Crippen MR) is 70.9 cm³/mol. The molecule has 2 N–H and O–H groups in total. The van der Waals surface area contributed by atoms with Crippen molar-refractivity contribution in [2.45, 2.75) is 25.7 Å². The van der Waals surface area contributed by atoms with Crippen molar-refractivity contribution >= 4 is 16.7 Å². The van der Waals surface area contributed by atoms with Crippen LogP contribution < -0.4 is 0 Å². The Morgan fingerprint density at radius 1 is 1.17 bits per heavy atom. The molecule has 0 saturated carbocycles. The molecule has 18 heavy (non-hydrogen) atoms. The van der Waals surface area contributed by atoms with Crippen LogP contribution in [0.4, 0.5) is 0 Å². The third-order valence-corrected chi connectivity index (χ3v) is 3.19. The van der Waals surface area contributed by atoms with Crippen molar-refractivity contribution in [3.63, 3.8) is 0 Å². The van der Waals surface area contributed by atoms with Gasteiger partial charge in [0.05, 0.1) is 6.42 Å². The molecule has 0 spiro atoms. The number of phenols is 1. The van der Waals surface area contributed by atoms with Crippen LogP contribution in [-0.2, 0) is 10.2 Å². The molecule has 2 aromatic carbocycles. The van der Waals surface area contributed by atoms with Gasteiger partial charge in [-0.3, -0.25) is 4.79 Å². The highest BCUT2D eigenvalue weighted by molar-refractivity contribution is 5.85. The van der Waals surface area contributed by atoms with Crippen molar-refractivity contribution in [3.05, 3.63) is 42.0 Å². The summed E-state index contributed by atoms with van der Waals surface area (Å²) in [6, 6.07) is 11.3. The number of hydrogen-bond donors (Lipinski definition) is 2. The quantitative estimate of drug-likeness (QED) is 0.871. The third-order valence-electron chi connectivity index (χ3n) is 3.19. The van der Waals surface area contributed by atoms with Crippen LogP contribution in [0.5, 0.6) is 5.75 Å². The van der Waals surface area contributed by atoms with Crippen LogP contribution in [0.25, 0.3) is 10.8 Å². The molecule has 0 radical (unpaired) electrons. The molecule has 3 heteroatoms. The first-order valence-electron chi connectivity index (χ1n) is 5.84. The van der Waals surface area contributed by atoms with Gasteiger partial charge in [0.25, 0.3) is 0 Å². The zero-order valence-electron chi connectivity index (χ0n) is 10.5. The SMILES string of the molecule is CC(C)(CC(=O)O)c1cc2ccccc2cc1O. The molecule has 0 fully saturated rings. The summed E-state index contributed by atoms with van der Waals surface area (Å²) in [5.74, 6) is -0.715. The van der Waals surface area contributed by atoms with Crippen molar-refractivity contribution in [1.82, 2.24) is 0 Å². The zero-order chi connectivity index (χ0) is 13.3. The summed E-state index contributed by atoms with van der Waals surface area (Å²) < 4.78 is 0. The van der Waals surface area contributed by atoms with Crippen molar-refractivity contribution in [3.8, 4) is 5.75 Å². The zero-order valence-corrected chi connectivity index (χ0v) is 10.5. The lowest BCUT2D eigenvalue weighted by Gasteiger charge is -2.24. The second-order valence-electron chi connectivity index (χ2n) is 5.17. The number of aliphatic carboxylic acids is 1. The maximum atomic E-state index is 10.9. The van der Waals surface area contributed by atoms with Crippen LogP contribution in [0.1, 0.15) is 25.8 Å². The monoisotopic (exact) mass is 244 g/mol. The van der Waals surface area contributed by atoms with Crippen molar-refractivity contribution < 1.29 is 15.0 Å². The average molecular weight is 244 g/mol. The molecule has 0 bridgehead atoms. The highest BCUT2D eigenvalue weighted by atomic mass is 16.4. The van der Waals surface area contributed by atoms with Gasteiger partial charge in [-0.15, -0.1) is 0 Å². The first-order chi connectivity index (χ1) is 8.40. The normalized spacial score (nSPS) is 11.7. The summed E-state index contributed by atoms with van der Waals surface area (Å²) in [7, 11) is 0. The number of carbonyl (C=O) groups is 1. The number of phenolic OH excluding ortho intramolecular Hbond substituents is 1. The lowest BCUT2D eigenvalue weighted by Crippen LogP contribution is -2.21. The Morgan fingerprint density at radius 3 is 2.28 bits per heavy atom. The van der Waals surface area contributed by atoms with Crippen LogP contribution in [0.2, 0.25) is 0 Å². The van der Waals surface area contributed by atoms with Gasteiger partial charge < -0.3 is 10.2 Å². The molecule has 2 rings (SSSR count). The standard InChI is InChI=1S/C15H16O3/c1-15(2,9-14(17)18)12-7-10-5-3-4-6-11(10)8-13(12)16/h3-8,16H,9H2,1-2H3,(H,17,18). The molecule has 0 aliphatic rings. The summed E-state index contributed by atoms with van der Waals surface area (Å²) in [5.41, 5.74) is 0.0727. The molecule has 94 valence electrons. The smallest absolute Gasteiger partial charge is 0.304 e. The van der Waals surface area contributed by atoms with Gasteiger partial charge in [-0.25, -0.2) is 0 Å². The van der Waals surface area contributed by atoms with Gasteiger partial charge in [-0.2, -0.15) is 0 Å². The van der Waals surface area contributed by atoms with E-state index in [-0.39, 0.29) is 12.2 Å². The van der Waals surface area contributed by atoms with Crippen LogP contribution in [0.3, 0.4) is 0 Å². The first-order valence-corrected chi connectivity index (χ1v) is 5.84. The van der Waals surface area contributed by atoms with Crippen molar-refractivity contribution in [2.24, 2.45) is 0 Å². The van der Waals surface area contributed by atoms with Gasteiger partial charge in [-0.05, 0) is 22.9 Å². The fourth-order valence-corrected chi connectivity index (χ4v) is 2.24. The van der Waals surface area contributed by atoms with Gasteiger partial charge in [0.1, 0.15) is 5.75 Å². The molecule has 0 aliphatic carbocycles. The Morgan fingerprint density at radius 2 is 1.72 bits per heavy atom. The maximum Gasteiger partial charge on any atom is 0.304 e. The number of carboxylic acids is 1. The van der Waals surface area contributed by atoms with E-state index in [2.05, 4.69) is 0 Å². The van der Waals surface area contributed by atoms with Gasteiger partial charge in [0, 0.05) is 11.0 Å². The number of aromatic hydroxyl groups is 1. The van der Waals surface area contributed by atoms with Crippen molar-refractivity contribution in [1.29, 1.82) is 0 Å². The molecule has 0 heterocycles. The number of fused-ring (bicyclic) bond motifs is 1. The van der Waals surface area contributed by atoms with Gasteiger partial charge in [0.15, 0.2) is 0 Å². The molecular weight excluding hydrogens is 228 g/mol. The van der Waals surface area contributed by atoms with E-state index in [0.717, 1.165) is 10.8 Å². The number of benzene rings is 2. The first kappa shape index (κ1) is 12.4. The molecule has 3 nitrogen and oxygen atoms in total. The van der Waals surface area contributed by atoms with E-state index < -0.39 is 11.4 Å². The topological polar surface area (TPSA) is 57.5 Å². The Bertz CT molecular complexity index is 600. The highest BCUT2D eigenvalue weighted by Crippen LogP contribution is 2.36. The molecule has 0 amide bonds. The summed E-state index contributed by atoms with van der Waals surface area (Å²) in [5, 5.41) is 20.9. The lowest BCUT2D eigenvalue weighted by molar-refractivity contribution is -0.138. The number of rotatable bonds is 3. The third kappa shape index (κ3) is 2.30. The minimum Gasteiger partial charge on any atom is -0.508 e. The summed E-state index contributed by atoms with van der Waals surface area (Å²) in [6.07, 6.45) is -0.0150.